The van der Waals surface area contributed by atoms with Gasteiger partial charge in [-0.2, -0.15) is 0 Å². The van der Waals surface area contributed by atoms with Gasteiger partial charge in [-0.05, 0) is 26.2 Å². The first-order chi connectivity index (χ1) is 9.28. The van der Waals surface area contributed by atoms with Crippen LogP contribution in [-0.2, 0) is 20.7 Å². The van der Waals surface area contributed by atoms with Crippen molar-refractivity contribution in [3.63, 3.8) is 0 Å². The van der Waals surface area contributed by atoms with Gasteiger partial charge in [-0.1, -0.05) is 0 Å². The van der Waals surface area contributed by atoms with Crippen molar-refractivity contribution in [2.45, 2.75) is 38.1 Å². The normalized spacial score (nSPS) is 25.3. The third-order valence-corrected chi connectivity index (χ3v) is 4.61. The van der Waals surface area contributed by atoms with Crippen LogP contribution < -0.4 is 5.32 Å². The molecule has 0 saturated carbocycles. The molecular formula is C13H18N2O3S. The Bertz CT molecular complexity index is 468. The number of anilines is 1. The van der Waals surface area contributed by atoms with E-state index in [4.69, 9.17) is 9.47 Å². The highest BCUT2D eigenvalue weighted by atomic mass is 32.1. The van der Waals surface area contributed by atoms with E-state index in [9.17, 15) is 4.79 Å². The van der Waals surface area contributed by atoms with Gasteiger partial charge in [-0.15, -0.1) is 11.3 Å². The van der Waals surface area contributed by atoms with Crippen LogP contribution in [0.1, 0.15) is 36.3 Å². The number of nitrogens with zero attached hydrogens (tertiary/aromatic N) is 1. The fraction of sp³-hybridized carbons (Fsp3) is 0.692. The molecule has 2 aliphatic rings. The van der Waals surface area contributed by atoms with E-state index in [-0.39, 0.29) is 11.9 Å². The van der Waals surface area contributed by atoms with Crippen molar-refractivity contribution in [2.75, 3.05) is 25.1 Å². The van der Waals surface area contributed by atoms with Crippen molar-refractivity contribution in [1.82, 2.24) is 4.98 Å². The third kappa shape index (κ3) is 2.60. The van der Waals surface area contributed by atoms with Crippen LogP contribution in [0.3, 0.4) is 0 Å². The zero-order valence-electron chi connectivity index (χ0n) is 11.0. The lowest BCUT2D eigenvalue weighted by Gasteiger charge is -2.10. The van der Waals surface area contributed by atoms with Crippen LogP contribution in [0.5, 0.6) is 0 Å². The summed E-state index contributed by atoms with van der Waals surface area (Å²) in [5.41, 5.74) is 0.921. The van der Waals surface area contributed by atoms with Crippen molar-refractivity contribution >= 4 is 22.4 Å². The zero-order valence-corrected chi connectivity index (χ0v) is 11.8. The molecule has 0 radical (unpaired) electrons. The molecule has 0 aromatic carbocycles. The summed E-state index contributed by atoms with van der Waals surface area (Å²) in [4.78, 5) is 17.7. The smallest absolute Gasteiger partial charge is 0.315 e. The topological polar surface area (TPSA) is 60.5 Å². The second-order valence-electron chi connectivity index (χ2n) is 4.88. The van der Waals surface area contributed by atoms with Gasteiger partial charge in [0.25, 0.3) is 0 Å². The number of esters is 1. The van der Waals surface area contributed by atoms with E-state index in [0.717, 1.165) is 43.3 Å². The summed E-state index contributed by atoms with van der Waals surface area (Å²) in [6.45, 7) is 3.82. The minimum absolute atomic E-state index is 0.137. The van der Waals surface area contributed by atoms with Gasteiger partial charge < -0.3 is 14.8 Å². The molecule has 2 heterocycles. The number of hydrogen-bond acceptors (Lipinski definition) is 6. The van der Waals surface area contributed by atoms with Crippen molar-refractivity contribution in [3.05, 3.63) is 10.6 Å². The maximum atomic E-state index is 11.9. The summed E-state index contributed by atoms with van der Waals surface area (Å²) in [6.07, 6.45) is 2.78. The van der Waals surface area contributed by atoms with E-state index >= 15 is 0 Å². The Hall–Kier alpha value is -1.14. The second-order valence-corrected chi connectivity index (χ2v) is 5.96. The summed E-state index contributed by atoms with van der Waals surface area (Å²) < 4.78 is 10.4. The first kappa shape index (κ1) is 12.9. The molecule has 1 aliphatic heterocycles. The molecule has 2 atom stereocenters. The summed E-state index contributed by atoms with van der Waals surface area (Å²) >= 11 is 1.66. The van der Waals surface area contributed by atoms with Gasteiger partial charge in [-0.3, -0.25) is 4.79 Å². The van der Waals surface area contributed by atoms with Crippen LogP contribution in [0.4, 0.5) is 5.13 Å². The fourth-order valence-electron chi connectivity index (χ4n) is 2.58. The molecule has 1 saturated heterocycles. The number of carbonyl (C=O) groups excluding carboxylic acids is 1. The minimum Gasteiger partial charge on any atom is -0.465 e. The second kappa shape index (κ2) is 5.46. The van der Waals surface area contributed by atoms with Crippen molar-refractivity contribution in [2.24, 2.45) is 0 Å². The third-order valence-electron chi connectivity index (χ3n) is 3.55. The molecule has 1 fully saturated rings. The monoisotopic (exact) mass is 282 g/mol. The first-order valence-corrected chi connectivity index (χ1v) is 7.60. The molecule has 1 aliphatic carbocycles. The lowest BCUT2D eigenvalue weighted by molar-refractivity contribution is -0.145. The van der Waals surface area contributed by atoms with Crippen molar-refractivity contribution in [1.29, 1.82) is 0 Å². The number of nitrogens with one attached hydrogen (secondary N) is 1. The quantitative estimate of drug-likeness (QED) is 0.855. The molecule has 5 nitrogen and oxygen atoms in total. The van der Waals surface area contributed by atoms with E-state index in [2.05, 4.69) is 10.3 Å². The molecule has 2 unspecified atom stereocenters. The number of aryl methyl sites for hydroxylation is 1. The van der Waals surface area contributed by atoms with Gasteiger partial charge in [0.05, 0.1) is 24.9 Å². The van der Waals surface area contributed by atoms with E-state index < -0.39 is 0 Å². The minimum atomic E-state index is -0.165. The Balaban J connectivity index is 1.70. The lowest BCUT2D eigenvalue weighted by atomic mass is 10.1. The Labute approximate surface area is 116 Å². The zero-order chi connectivity index (χ0) is 13.2. The van der Waals surface area contributed by atoms with Gasteiger partial charge in [0.15, 0.2) is 5.13 Å². The van der Waals surface area contributed by atoms with Crippen LogP contribution in [-0.4, -0.2) is 36.8 Å². The molecule has 19 heavy (non-hydrogen) atoms. The average molecular weight is 282 g/mol. The van der Waals surface area contributed by atoms with Gasteiger partial charge >= 0.3 is 5.97 Å². The lowest BCUT2D eigenvalue weighted by Crippen LogP contribution is -2.19. The number of aromatic nitrogens is 1. The Morgan fingerprint density at radius 2 is 2.47 bits per heavy atom. The molecule has 1 aromatic rings. The van der Waals surface area contributed by atoms with Crippen molar-refractivity contribution in [3.8, 4) is 0 Å². The SMILES string of the molecule is CCOC(=O)C1CCc2sc(NC3CCOC3)nc21. The average Bonchev–Trinajstić information content (AvgIpc) is 3.05. The van der Waals surface area contributed by atoms with Crippen LogP contribution >= 0.6 is 11.3 Å². The Morgan fingerprint density at radius 3 is 3.21 bits per heavy atom. The Kier molecular flexibility index (Phi) is 3.70. The summed E-state index contributed by atoms with van der Waals surface area (Å²) in [7, 11) is 0. The molecule has 1 N–H and O–H groups in total. The van der Waals surface area contributed by atoms with Crippen LogP contribution in [0.2, 0.25) is 0 Å². The molecule has 6 heteroatoms. The molecule has 0 spiro atoms. The predicted octanol–water partition coefficient (Wildman–Crippen LogP) is 1.94. The van der Waals surface area contributed by atoms with E-state index in [0.29, 0.717) is 12.6 Å². The fourth-order valence-corrected chi connectivity index (χ4v) is 3.70. The largest absolute Gasteiger partial charge is 0.465 e. The maximum absolute atomic E-state index is 11.9. The Morgan fingerprint density at radius 1 is 1.58 bits per heavy atom. The highest BCUT2D eigenvalue weighted by Crippen LogP contribution is 2.39. The number of fused-ring (bicyclic) bond motifs is 1. The molecule has 1 aromatic heterocycles. The van der Waals surface area contributed by atoms with Gasteiger partial charge in [-0.25, -0.2) is 4.98 Å². The number of rotatable bonds is 4. The summed E-state index contributed by atoms with van der Waals surface area (Å²) in [6, 6.07) is 0.354. The van der Waals surface area contributed by atoms with Crippen molar-refractivity contribution < 1.29 is 14.3 Å². The number of hydrogen-bond donors (Lipinski definition) is 1. The molecule has 104 valence electrons. The highest BCUT2D eigenvalue weighted by Gasteiger charge is 2.34. The number of carbonyl (C=O) groups is 1. The predicted molar refractivity (Wildman–Crippen MR) is 72.7 cm³/mol. The van der Waals surface area contributed by atoms with Crippen LogP contribution in [0.15, 0.2) is 0 Å². The van der Waals surface area contributed by atoms with E-state index in [1.54, 1.807) is 11.3 Å². The van der Waals surface area contributed by atoms with E-state index in [1.807, 2.05) is 6.92 Å². The van der Waals surface area contributed by atoms with Gasteiger partial charge in [0, 0.05) is 11.5 Å². The molecular weight excluding hydrogens is 264 g/mol. The molecule has 3 rings (SSSR count). The van der Waals surface area contributed by atoms with Crippen LogP contribution in [0, 0.1) is 0 Å². The standard InChI is InChI=1S/C13H18N2O3S/c1-2-18-12(16)9-3-4-10-11(9)15-13(19-10)14-8-5-6-17-7-8/h8-9H,2-7H2,1H3,(H,14,15). The van der Waals surface area contributed by atoms with E-state index in [1.165, 1.54) is 4.88 Å². The number of thiazole rings is 1. The van der Waals surface area contributed by atoms with Gasteiger partial charge in [0.2, 0.25) is 0 Å². The summed E-state index contributed by atoms with van der Waals surface area (Å²) in [5.74, 6) is -0.302. The molecule has 0 amide bonds. The van der Waals surface area contributed by atoms with Crippen LogP contribution in [0.25, 0.3) is 0 Å². The number of ether oxygens (including phenoxy) is 2. The first-order valence-electron chi connectivity index (χ1n) is 6.78. The highest BCUT2D eigenvalue weighted by molar-refractivity contribution is 7.15. The molecule has 0 bridgehead atoms. The maximum Gasteiger partial charge on any atom is 0.315 e. The summed E-state index contributed by atoms with van der Waals surface area (Å²) in [5, 5.41) is 4.30. The van der Waals surface area contributed by atoms with Gasteiger partial charge in [0.1, 0.15) is 5.92 Å².